The number of alkyl halides is 3. The minimum absolute atomic E-state index is 0.00474. The molecule has 12 heteroatoms. The molecule has 0 saturated carbocycles. The molecule has 0 N–H and O–H groups in total. The predicted molar refractivity (Wildman–Crippen MR) is 149 cm³/mol. The van der Waals surface area contributed by atoms with Crippen LogP contribution in [-0.2, 0) is 34.7 Å². The molecule has 0 aliphatic carbocycles. The predicted octanol–water partition coefficient (Wildman–Crippen LogP) is 5.31. The fraction of sp³-hybridized carbons (Fsp3) is 0.633. The number of carbonyl (C=O) groups is 2. The first-order chi connectivity index (χ1) is 19.4. The van der Waals surface area contributed by atoms with Gasteiger partial charge in [0.15, 0.2) is 5.49 Å². The summed E-state index contributed by atoms with van der Waals surface area (Å²) >= 11 is 0. The van der Waals surface area contributed by atoms with Gasteiger partial charge in [0, 0.05) is 49.8 Å². The average Bonchev–Trinajstić information content (AvgIpc) is 3.45. The fourth-order valence-electron chi connectivity index (χ4n) is 5.09. The van der Waals surface area contributed by atoms with Crippen molar-refractivity contribution in [1.82, 2.24) is 14.3 Å². The second kappa shape index (κ2) is 11.8. The Hall–Kier alpha value is -3.28. The Balaban J connectivity index is 1.60. The van der Waals surface area contributed by atoms with Crippen molar-refractivity contribution in [3.8, 4) is 5.75 Å². The van der Waals surface area contributed by atoms with Crippen LogP contribution in [0.1, 0.15) is 76.0 Å². The van der Waals surface area contributed by atoms with Crippen LogP contribution in [0.2, 0.25) is 0 Å². The van der Waals surface area contributed by atoms with E-state index in [0.717, 1.165) is 36.7 Å². The molecule has 9 nitrogen and oxygen atoms in total. The molecule has 2 saturated heterocycles. The lowest BCUT2D eigenvalue weighted by molar-refractivity contribution is -0.137. The number of halogens is 3. The third-order valence-electron chi connectivity index (χ3n) is 7.25. The van der Waals surface area contributed by atoms with Gasteiger partial charge in [-0.25, -0.2) is 4.79 Å². The van der Waals surface area contributed by atoms with Gasteiger partial charge in [-0.2, -0.15) is 18.2 Å². The van der Waals surface area contributed by atoms with Crippen LogP contribution >= 0.6 is 0 Å². The van der Waals surface area contributed by atoms with Gasteiger partial charge < -0.3 is 19.1 Å². The summed E-state index contributed by atoms with van der Waals surface area (Å²) in [4.78, 5) is 31.6. The molecule has 1 atom stereocenters. The van der Waals surface area contributed by atoms with E-state index < -0.39 is 29.3 Å². The Kier molecular flexibility index (Phi) is 8.87. The van der Waals surface area contributed by atoms with E-state index in [9.17, 15) is 22.8 Å². The van der Waals surface area contributed by atoms with Crippen LogP contribution in [0, 0.1) is 5.92 Å². The monoisotopic (exact) mass is 594 g/mol. The summed E-state index contributed by atoms with van der Waals surface area (Å²) in [6.07, 6.45) is -3.32. The van der Waals surface area contributed by atoms with E-state index in [4.69, 9.17) is 14.2 Å². The number of carbonyl (C=O) groups excluding carboxylic acids is 2. The van der Waals surface area contributed by atoms with Gasteiger partial charge in [-0.1, -0.05) is 20.8 Å². The lowest BCUT2D eigenvalue weighted by Crippen LogP contribution is -2.53. The molecular weight excluding hydrogens is 553 g/mol. The van der Waals surface area contributed by atoms with Gasteiger partial charge >= 0.3 is 12.3 Å². The van der Waals surface area contributed by atoms with Crippen molar-refractivity contribution < 1.29 is 37.0 Å². The van der Waals surface area contributed by atoms with Crippen molar-refractivity contribution in [3.05, 3.63) is 46.6 Å². The molecular formula is C30H41F3N4O5. The molecule has 4 rings (SSSR count). The molecule has 2 aliphatic rings. The Morgan fingerprint density at radius 2 is 1.76 bits per heavy atom. The maximum Gasteiger partial charge on any atom is 0.416 e. The summed E-state index contributed by atoms with van der Waals surface area (Å²) in [5, 5.41) is 0. The number of hydrogen-bond acceptors (Lipinski definition) is 5. The molecule has 1 aromatic carbocycles. The minimum atomic E-state index is -4.65. The first kappa shape index (κ1) is 31.7. The minimum Gasteiger partial charge on any atom is -0.492 e. The van der Waals surface area contributed by atoms with E-state index in [1.54, 1.807) is 26.8 Å². The first-order valence-electron chi connectivity index (χ1n) is 14.2. The van der Waals surface area contributed by atoms with Gasteiger partial charge in [-0.05, 0) is 51.8 Å². The number of hydrogen-bond donors (Lipinski definition) is 0. The first-order valence-corrected chi connectivity index (χ1v) is 14.2. The van der Waals surface area contributed by atoms with E-state index in [0.29, 0.717) is 31.7 Å². The molecule has 0 bridgehead atoms. The summed E-state index contributed by atoms with van der Waals surface area (Å²) in [5.74, 6) is -0.894. The smallest absolute Gasteiger partial charge is 0.416 e. The molecule has 0 unspecified atom stereocenters. The van der Waals surface area contributed by atoms with E-state index in [1.807, 2.05) is 37.2 Å². The van der Waals surface area contributed by atoms with Crippen molar-refractivity contribution in [2.45, 2.75) is 84.2 Å². The molecule has 0 spiro atoms. The van der Waals surface area contributed by atoms with Crippen LogP contribution in [0.4, 0.5) is 18.0 Å². The van der Waals surface area contributed by atoms with E-state index in [-0.39, 0.29) is 35.4 Å². The second-order valence-corrected chi connectivity index (χ2v) is 13.1. The van der Waals surface area contributed by atoms with Gasteiger partial charge in [-0.15, -0.1) is 0 Å². The van der Waals surface area contributed by atoms with Crippen molar-refractivity contribution in [2.75, 3.05) is 26.3 Å². The molecule has 2 fully saturated rings. The van der Waals surface area contributed by atoms with Gasteiger partial charge in [0.25, 0.3) is 5.91 Å². The van der Waals surface area contributed by atoms with Crippen LogP contribution in [0.25, 0.3) is 0 Å². The molecule has 2 amide bonds. The SMILES string of the molecule is Cn1c(C(C)(C)C)c/c(=N\C(=O)c2cc(C(F)(F)F)ccc2OCC2CN(C(=O)OC(C)(C)C)C2)n1C[C@H]1CCCO1. The summed E-state index contributed by atoms with van der Waals surface area (Å²) in [6, 6.07) is 4.62. The van der Waals surface area contributed by atoms with Gasteiger partial charge in [-0.3, -0.25) is 14.2 Å². The van der Waals surface area contributed by atoms with Crippen LogP contribution in [0.15, 0.2) is 29.3 Å². The van der Waals surface area contributed by atoms with E-state index in [2.05, 4.69) is 4.99 Å². The number of nitrogens with zero attached hydrogens (tertiary/aromatic N) is 4. The number of aromatic nitrogens is 2. The summed E-state index contributed by atoms with van der Waals surface area (Å²) in [7, 11) is 1.87. The molecule has 2 aromatic rings. The molecule has 0 radical (unpaired) electrons. The highest BCUT2D eigenvalue weighted by Gasteiger charge is 2.35. The van der Waals surface area contributed by atoms with Crippen molar-refractivity contribution in [2.24, 2.45) is 18.0 Å². The van der Waals surface area contributed by atoms with Gasteiger partial charge in [0.2, 0.25) is 0 Å². The van der Waals surface area contributed by atoms with Gasteiger partial charge in [0.05, 0.1) is 30.4 Å². The van der Waals surface area contributed by atoms with Crippen LogP contribution in [0.5, 0.6) is 5.75 Å². The zero-order chi connectivity index (χ0) is 31.0. The van der Waals surface area contributed by atoms with Crippen LogP contribution in [0.3, 0.4) is 0 Å². The Morgan fingerprint density at radius 1 is 1.07 bits per heavy atom. The maximum atomic E-state index is 13.6. The standard InChI is InChI=1S/C30H41F3N4O5/c1-28(2,3)24-14-25(37(35(24)7)17-21-9-8-12-40-21)34-26(38)22-13-20(30(31,32)33)10-11-23(22)41-18-19-15-36(16-19)27(39)42-29(4,5)6/h10-11,13-14,19,21H,8-9,12,15-18H2,1-7H3/b34-25+/t21-/m1/s1. The zero-order valence-electron chi connectivity index (χ0n) is 25.4. The van der Waals surface area contributed by atoms with E-state index >= 15 is 0 Å². The highest BCUT2D eigenvalue weighted by molar-refractivity contribution is 5.97. The number of rotatable bonds is 6. The van der Waals surface area contributed by atoms with Crippen molar-refractivity contribution >= 4 is 12.0 Å². The number of amides is 2. The van der Waals surface area contributed by atoms with Gasteiger partial charge in [0.1, 0.15) is 11.4 Å². The third-order valence-corrected chi connectivity index (χ3v) is 7.25. The Labute approximate surface area is 244 Å². The lowest BCUT2D eigenvalue weighted by Gasteiger charge is -2.39. The molecule has 232 valence electrons. The number of likely N-dealkylation sites (tertiary alicyclic amines) is 1. The third kappa shape index (κ3) is 7.56. The van der Waals surface area contributed by atoms with Crippen LogP contribution < -0.4 is 10.2 Å². The van der Waals surface area contributed by atoms with Crippen molar-refractivity contribution in [1.29, 1.82) is 0 Å². The highest BCUT2D eigenvalue weighted by Crippen LogP contribution is 2.33. The zero-order valence-corrected chi connectivity index (χ0v) is 25.4. The molecule has 2 aliphatic heterocycles. The van der Waals surface area contributed by atoms with Crippen molar-refractivity contribution in [3.63, 3.8) is 0 Å². The highest BCUT2D eigenvalue weighted by atomic mass is 19.4. The average molecular weight is 595 g/mol. The summed E-state index contributed by atoms with van der Waals surface area (Å²) in [5.41, 5.74) is -0.899. The largest absolute Gasteiger partial charge is 0.492 e. The molecule has 3 heterocycles. The number of ether oxygens (including phenoxy) is 3. The van der Waals surface area contributed by atoms with E-state index in [1.165, 1.54) is 4.90 Å². The summed E-state index contributed by atoms with van der Waals surface area (Å²) < 4.78 is 61.7. The normalized spacial score (nSPS) is 18.8. The Bertz CT molecular complexity index is 1370. The quantitative estimate of drug-likeness (QED) is 0.453. The Morgan fingerprint density at radius 3 is 2.33 bits per heavy atom. The second-order valence-electron chi connectivity index (χ2n) is 13.1. The van der Waals surface area contributed by atoms with Crippen LogP contribution in [-0.4, -0.2) is 64.3 Å². The topological polar surface area (TPSA) is 87.3 Å². The summed E-state index contributed by atoms with van der Waals surface area (Å²) in [6.45, 7) is 13.4. The molecule has 42 heavy (non-hydrogen) atoms. The maximum absolute atomic E-state index is 13.6. The number of benzene rings is 1. The lowest BCUT2D eigenvalue weighted by atomic mass is 9.92. The fourth-order valence-corrected chi connectivity index (χ4v) is 5.09. The molecule has 1 aromatic heterocycles.